The Morgan fingerprint density at radius 3 is 2.64 bits per heavy atom. The average molecular weight is 401 g/mol. The Morgan fingerprint density at radius 1 is 1.21 bits per heavy atom. The molecule has 0 amide bonds. The summed E-state index contributed by atoms with van der Waals surface area (Å²) in [4.78, 5) is 24.9. The van der Waals surface area contributed by atoms with Crippen LogP contribution in [-0.2, 0) is 22.6 Å². The van der Waals surface area contributed by atoms with Crippen molar-refractivity contribution in [2.45, 2.75) is 63.4 Å². The first-order valence-corrected chi connectivity index (χ1v) is 10.7. The fraction of sp³-hybridized carbons (Fsp3) is 0.565. The second-order valence-electron chi connectivity index (χ2n) is 9.24. The molecule has 4 nitrogen and oxygen atoms in total. The highest BCUT2D eigenvalue weighted by molar-refractivity contribution is 6.24. The van der Waals surface area contributed by atoms with Crippen LogP contribution in [0.4, 0.5) is 0 Å². The summed E-state index contributed by atoms with van der Waals surface area (Å²) < 4.78 is 11.2. The highest BCUT2D eigenvalue weighted by Crippen LogP contribution is 2.64. The second-order valence-corrected chi connectivity index (χ2v) is 10.0. The number of hydrogen-bond donors (Lipinski definition) is 0. The lowest BCUT2D eigenvalue weighted by Gasteiger charge is -2.58. The van der Waals surface area contributed by atoms with Crippen LogP contribution in [0.1, 0.15) is 56.6 Å². The van der Waals surface area contributed by atoms with Crippen LogP contribution in [-0.4, -0.2) is 10.8 Å². The van der Waals surface area contributed by atoms with Crippen molar-refractivity contribution in [1.82, 2.24) is 0 Å². The van der Waals surface area contributed by atoms with Crippen LogP contribution >= 0.6 is 11.6 Å². The van der Waals surface area contributed by atoms with Gasteiger partial charge in [0.2, 0.25) is 0 Å². The summed E-state index contributed by atoms with van der Waals surface area (Å²) >= 11 is 6.85. The lowest BCUT2D eigenvalue weighted by molar-refractivity contribution is -0.171. The number of carbonyl (C=O) groups is 1. The standard InChI is InChI=1S/C23H25ClO4/c1-2-14-3-4-18-17(7-20(25)28-19(18)6-14)12-27-21(26)22-8-15-5-16(9-22)11-23(24,10-15)13-22/h3-4,6-7,15-16H,2,5,8-13H2,1H3/t15-,16+,22?,23?. The van der Waals surface area contributed by atoms with Gasteiger partial charge in [-0.2, -0.15) is 0 Å². The third-order valence-electron chi connectivity index (χ3n) is 7.08. The molecule has 0 saturated heterocycles. The smallest absolute Gasteiger partial charge is 0.336 e. The molecule has 148 valence electrons. The molecular formula is C23H25ClO4. The van der Waals surface area contributed by atoms with Gasteiger partial charge in [0.05, 0.1) is 5.41 Å². The average Bonchev–Trinajstić information content (AvgIpc) is 2.63. The van der Waals surface area contributed by atoms with Crippen LogP contribution in [0.2, 0.25) is 0 Å². The molecule has 28 heavy (non-hydrogen) atoms. The summed E-state index contributed by atoms with van der Waals surface area (Å²) in [5.41, 5.74) is 1.50. The number of rotatable bonds is 4. The van der Waals surface area contributed by atoms with E-state index in [4.69, 9.17) is 20.8 Å². The van der Waals surface area contributed by atoms with Crippen molar-refractivity contribution < 1.29 is 13.9 Å². The maximum atomic E-state index is 13.2. The normalized spacial score (nSPS) is 33.4. The highest BCUT2D eigenvalue weighted by atomic mass is 35.5. The first kappa shape index (κ1) is 18.2. The quantitative estimate of drug-likeness (QED) is 0.412. The molecule has 0 radical (unpaired) electrons. The van der Waals surface area contributed by atoms with Gasteiger partial charge in [0.15, 0.2) is 0 Å². The minimum Gasteiger partial charge on any atom is -0.460 e. The van der Waals surface area contributed by atoms with E-state index in [1.54, 1.807) is 0 Å². The molecule has 0 spiro atoms. The number of halogens is 1. The van der Waals surface area contributed by atoms with Crippen molar-refractivity contribution in [3.8, 4) is 0 Å². The molecule has 1 aromatic heterocycles. The fourth-order valence-electron chi connectivity index (χ4n) is 6.30. The van der Waals surface area contributed by atoms with E-state index in [9.17, 15) is 9.59 Å². The van der Waals surface area contributed by atoms with Crippen molar-refractivity contribution in [1.29, 1.82) is 0 Å². The van der Waals surface area contributed by atoms with Crippen molar-refractivity contribution in [2.75, 3.05) is 0 Å². The molecule has 4 aliphatic carbocycles. The third-order valence-corrected chi connectivity index (χ3v) is 7.53. The molecule has 4 aliphatic rings. The zero-order valence-corrected chi connectivity index (χ0v) is 16.9. The number of hydrogen-bond acceptors (Lipinski definition) is 4. The number of benzene rings is 1. The van der Waals surface area contributed by atoms with E-state index in [-0.39, 0.29) is 17.5 Å². The summed E-state index contributed by atoms with van der Waals surface area (Å²) in [6.45, 7) is 2.15. The third kappa shape index (κ3) is 2.97. The number of carbonyl (C=O) groups excluding carboxylic acids is 1. The first-order chi connectivity index (χ1) is 13.4. The van der Waals surface area contributed by atoms with Crippen LogP contribution in [0.25, 0.3) is 11.0 Å². The zero-order chi connectivity index (χ0) is 19.5. The summed E-state index contributed by atoms with van der Waals surface area (Å²) in [5, 5.41) is 0.823. The van der Waals surface area contributed by atoms with Gasteiger partial charge in [-0.15, -0.1) is 11.6 Å². The molecule has 5 heteroatoms. The summed E-state index contributed by atoms with van der Waals surface area (Å²) in [6.07, 6.45) is 6.65. The number of fused-ring (bicyclic) bond motifs is 1. The minimum atomic E-state index is -0.434. The Morgan fingerprint density at radius 2 is 1.96 bits per heavy atom. The Bertz CT molecular complexity index is 993. The zero-order valence-electron chi connectivity index (χ0n) is 16.1. The Hall–Kier alpha value is -1.81. The Labute approximate surface area is 169 Å². The fourth-order valence-corrected chi connectivity index (χ4v) is 6.99. The Kier molecular flexibility index (Phi) is 4.13. The van der Waals surface area contributed by atoms with Crippen LogP contribution in [0.15, 0.2) is 33.5 Å². The van der Waals surface area contributed by atoms with Gasteiger partial charge in [-0.05, 0) is 68.4 Å². The van der Waals surface area contributed by atoms with E-state index in [1.807, 2.05) is 18.2 Å². The van der Waals surface area contributed by atoms with Crippen LogP contribution in [0, 0.1) is 17.3 Å². The molecule has 0 aliphatic heterocycles. The first-order valence-electron chi connectivity index (χ1n) is 10.3. The van der Waals surface area contributed by atoms with Gasteiger partial charge in [-0.25, -0.2) is 4.79 Å². The SMILES string of the molecule is CCc1ccc2c(COC(=O)C34C[C@@H]5C[C@@H](CC(Cl)(C5)C3)C4)cc(=O)oc2c1. The molecule has 4 saturated carbocycles. The molecule has 4 fully saturated rings. The lowest BCUT2D eigenvalue weighted by Crippen LogP contribution is -2.56. The van der Waals surface area contributed by atoms with E-state index in [0.29, 0.717) is 23.0 Å². The van der Waals surface area contributed by atoms with Gasteiger partial charge >= 0.3 is 11.6 Å². The minimum absolute atomic E-state index is 0.0960. The van der Waals surface area contributed by atoms with E-state index in [2.05, 4.69) is 6.92 Å². The van der Waals surface area contributed by atoms with Gasteiger partial charge in [0.25, 0.3) is 0 Å². The predicted molar refractivity (Wildman–Crippen MR) is 107 cm³/mol. The molecular weight excluding hydrogens is 376 g/mol. The second kappa shape index (κ2) is 6.35. The van der Waals surface area contributed by atoms with Crippen molar-refractivity contribution in [2.24, 2.45) is 17.3 Å². The molecule has 6 rings (SSSR count). The van der Waals surface area contributed by atoms with Crippen LogP contribution < -0.4 is 5.63 Å². The molecule has 1 aromatic carbocycles. The number of ether oxygens (including phenoxy) is 1. The van der Waals surface area contributed by atoms with Gasteiger partial charge < -0.3 is 9.15 Å². The topological polar surface area (TPSA) is 56.5 Å². The molecule has 0 N–H and O–H groups in total. The molecule has 4 atom stereocenters. The van der Waals surface area contributed by atoms with Gasteiger partial charge in [0, 0.05) is 21.9 Å². The van der Waals surface area contributed by atoms with E-state index in [0.717, 1.165) is 49.5 Å². The molecule has 4 bridgehead atoms. The largest absolute Gasteiger partial charge is 0.460 e. The Balaban J connectivity index is 1.39. The predicted octanol–water partition coefficient (Wildman–Crippen LogP) is 4.98. The lowest BCUT2D eigenvalue weighted by atomic mass is 9.49. The summed E-state index contributed by atoms with van der Waals surface area (Å²) in [6, 6.07) is 7.28. The van der Waals surface area contributed by atoms with Crippen LogP contribution in [0.5, 0.6) is 0 Å². The van der Waals surface area contributed by atoms with Crippen LogP contribution in [0.3, 0.4) is 0 Å². The van der Waals surface area contributed by atoms with Crippen molar-refractivity contribution in [3.05, 3.63) is 45.8 Å². The van der Waals surface area contributed by atoms with E-state index >= 15 is 0 Å². The number of aryl methyl sites for hydroxylation is 1. The summed E-state index contributed by atoms with van der Waals surface area (Å²) in [5.74, 6) is 0.949. The molecule has 2 unspecified atom stereocenters. The monoisotopic (exact) mass is 400 g/mol. The van der Waals surface area contributed by atoms with Crippen molar-refractivity contribution in [3.63, 3.8) is 0 Å². The highest BCUT2D eigenvalue weighted by Gasteiger charge is 2.60. The molecule has 2 aromatic rings. The van der Waals surface area contributed by atoms with Gasteiger partial charge in [-0.3, -0.25) is 4.79 Å². The van der Waals surface area contributed by atoms with Gasteiger partial charge in [-0.1, -0.05) is 19.1 Å². The maximum Gasteiger partial charge on any atom is 0.336 e. The molecule has 1 heterocycles. The van der Waals surface area contributed by atoms with E-state index < -0.39 is 11.0 Å². The number of alkyl halides is 1. The van der Waals surface area contributed by atoms with Crippen molar-refractivity contribution >= 4 is 28.5 Å². The maximum absolute atomic E-state index is 13.2. The summed E-state index contributed by atoms with van der Waals surface area (Å²) in [7, 11) is 0. The van der Waals surface area contributed by atoms with E-state index in [1.165, 1.54) is 12.5 Å². The van der Waals surface area contributed by atoms with Gasteiger partial charge in [0.1, 0.15) is 12.2 Å². The number of esters is 1.